The first-order chi connectivity index (χ1) is 7.82. The van der Waals surface area contributed by atoms with Gasteiger partial charge in [0.05, 0.1) is 0 Å². The molecule has 0 aliphatic heterocycles. The molecule has 0 saturated carbocycles. The first-order valence-corrected chi connectivity index (χ1v) is 6.57. The summed E-state index contributed by atoms with van der Waals surface area (Å²) in [5.41, 5.74) is 0.535. The Morgan fingerprint density at radius 3 is 2.29 bits per heavy atom. The summed E-state index contributed by atoms with van der Waals surface area (Å²) >= 11 is 29.5. The smallest absolute Gasteiger partial charge is 0.0915 e. The zero-order chi connectivity index (χ0) is 12.7. The topological polar surface area (TPSA) is 0 Å². The largest absolute Gasteiger partial charge is 0.227 e. The van der Waals surface area contributed by atoms with Gasteiger partial charge in [-0.2, -0.15) is 0 Å². The van der Waals surface area contributed by atoms with Crippen molar-refractivity contribution in [2.24, 2.45) is 0 Å². The molecule has 0 heterocycles. The van der Waals surface area contributed by atoms with Crippen molar-refractivity contribution in [3.63, 3.8) is 0 Å². The molecule has 0 amide bonds. The van der Waals surface area contributed by atoms with Crippen LogP contribution in [0.25, 0.3) is 10.8 Å². The minimum atomic E-state index is -1.80. The van der Waals surface area contributed by atoms with Crippen LogP contribution in [0.5, 0.6) is 0 Å². The van der Waals surface area contributed by atoms with Gasteiger partial charge >= 0.3 is 0 Å². The molecule has 0 bridgehead atoms. The summed E-state index contributed by atoms with van der Waals surface area (Å²) in [7, 11) is 0. The van der Waals surface area contributed by atoms with Gasteiger partial charge in [-0.15, -0.1) is 0 Å². The minimum absolute atomic E-state index is 0.535. The highest BCUT2D eigenvalue weighted by molar-refractivity contribution is 6.75. The van der Waals surface area contributed by atoms with Crippen LogP contribution in [0.2, 0.25) is 0 Å². The van der Waals surface area contributed by atoms with E-state index in [2.05, 4.69) is 6.07 Å². The van der Waals surface area contributed by atoms with E-state index in [-0.39, 0.29) is 0 Å². The highest BCUT2D eigenvalue weighted by Gasteiger charge is 2.47. The van der Waals surface area contributed by atoms with Gasteiger partial charge in [-0.1, -0.05) is 88.3 Å². The minimum Gasteiger partial charge on any atom is -0.0915 e. The average Bonchev–Trinajstić information content (AvgIpc) is 2.27. The molecule has 2 aromatic carbocycles. The fourth-order valence-electron chi connectivity index (χ4n) is 1.48. The molecule has 0 atom stereocenters. The Labute approximate surface area is 124 Å². The first-order valence-electron chi connectivity index (χ1n) is 4.68. The molecule has 0 saturated heterocycles. The standard InChI is InChI=1S/C12H6Cl5/c13-11(14,12(15,16)17)10-6-5-8-3-1-2-4-9(8)7-10/h1-2,4-7H. The first kappa shape index (κ1) is 13.6. The molecule has 89 valence electrons. The fourth-order valence-corrected chi connectivity index (χ4v) is 2.04. The van der Waals surface area contributed by atoms with Gasteiger partial charge < -0.3 is 0 Å². The predicted molar refractivity (Wildman–Crippen MR) is 76.5 cm³/mol. The number of hydrogen-bond acceptors (Lipinski definition) is 0. The molecule has 1 radical (unpaired) electrons. The molecule has 0 aliphatic rings. The molecule has 2 rings (SSSR count). The van der Waals surface area contributed by atoms with Crippen molar-refractivity contribution in [1.29, 1.82) is 0 Å². The number of fused-ring (bicyclic) bond motifs is 1. The quantitative estimate of drug-likeness (QED) is 0.595. The summed E-state index contributed by atoms with van der Waals surface area (Å²) in [5.74, 6) is 0. The van der Waals surface area contributed by atoms with Gasteiger partial charge in [-0.3, -0.25) is 0 Å². The van der Waals surface area contributed by atoms with E-state index in [0.717, 1.165) is 10.8 Å². The van der Waals surface area contributed by atoms with E-state index < -0.39 is 8.13 Å². The number of alkyl halides is 5. The SMILES string of the molecule is ClC(Cl)(Cl)C(Cl)(Cl)c1ccc2[c]cccc2c1. The zero-order valence-electron chi connectivity index (χ0n) is 8.35. The van der Waals surface area contributed by atoms with Gasteiger partial charge in [0.2, 0.25) is 3.79 Å². The van der Waals surface area contributed by atoms with E-state index in [1.165, 1.54) is 0 Å². The van der Waals surface area contributed by atoms with Gasteiger partial charge in [0.15, 0.2) is 4.33 Å². The van der Waals surface area contributed by atoms with E-state index in [0.29, 0.717) is 5.56 Å². The molecule has 0 aliphatic carbocycles. The van der Waals surface area contributed by atoms with Crippen LogP contribution in [0, 0.1) is 6.07 Å². The van der Waals surface area contributed by atoms with Crippen LogP contribution in [0.15, 0.2) is 36.4 Å². The highest BCUT2D eigenvalue weighted by Crippen LogP contribution is 2.53. The highest BCUT2D eigenvalue weighted by atomic mass is 35.6. The second-order valence-corrected chi connectivity index (χ2v) is 7.15. The van der Waals surface area contributed by atoms with Crippen molar-refractivity contribution in [2.45, 2.75) is 8.13 Å². The number of rotatable bonds is 1. The Kier molecular flexibility index (Phi) is 3.74. The third-order valence-corrected chi connectivity index (χ3v) is 4.82. The molecule has 0 nitrogen and oxygen atoms in total. The van der Waals surface area contributed by atoms with E-state index in [1.807, 2.05) is 24.3 Å². The van der Waals surface area contributed by atoms with Gasteiger partial charge in [0.25, 0.3) is 0 Å². The van der Waals surface area contributed by atoms with Gasteiger partial charge in [0.1, 0.15) is 0 Å². The Hall–Kier alpha value is 0.150. The maximum absolute atomic E-state index is 6.10. The second kappa shape index (κ2) is 4.68. The van der Waals surface area contributed by atoms with E-state index in [9.17, 15) is 0 Å². The van der Waals surface area contributed by atoms with Gasteiger partial charge in [-0.05, 0) is 28.5 Å². The fraction of sp³-hybridized carbons (Fsp3) is 0.167. The second-order valence-electron chi connectivity index (χ2n) is 3.54. The van der Waals surface area contributed by atoms with Gasteiger partial charge in [-0.25, -0.2) is 0 Å². The molecule has 0 unspecified atom stereocenters. The Morgan fingerprint density at radius 1 is 0.941 bits per heavy atom. The lowest BCUT2D eigenvalue weighted by molar-refractivity contribution is 0.880. The summed E-state index contributed by atoms with van der Waals surface area (Å²) < 4.78 is -3.40. The zero-order valence-corrected chi connectivity index (χ0v) is 12.1. The Morgan fingerprint density at radius 2 is 1.65 bits per heavy atom. The van der Waals surface area contributed by atoms with Crippen molar-refractivity contribution < 1.29 is 0 Å². The predicted octanol–water partition coefficient (Wildman–Crippen LogP) is 5.64. The van der Waals surface area contributed by atoms with Crippen LogP contribution >= 0.6 is 58.0 Å². The van der Waals surface area contributed by atoms with Crippen molar-refractivity contribution in [2.75, 3.05) is 0 Å². The molecule has 0 aromatic heterocycles. The summed E-state index contributed by atoms with van der Waals surface area (Å²) in [6, 6.07) is 14.0. The lowest BCUT2D eigenvalue weighted by Gasteiger charge is -2.27. The lowest BCUT2D eigenvalue weighted by Crippen LogP contribution is -2.28. The average molecular weight is 327 g/mol. The van der Waals surface area contributed by atoms with Crippen molar-refractivity contribution >= 4 is 68.8 Å². The molecule has 17 heavy (non-hydrogen) atoms. The maximum atomic E-state index is 6.10. The Bertz CT molecular complexity index is 542. The molecular formula is C12H6Cl5. The maximum Gasteiger partial charge on any atom is 0.227 e. The van der Waals surface area contributed by atoms with E-state index >= 15 is 0 Å². The molecule has 0 spiro atoms. The third-order valence-electron chi connectivity index (χ3n) is 2.38. The Balaban J connectivity index is 2.57. The number of halogens is 5. The molecule has 0 fully saturated rings. The van der Waals surface area contributed by atoms with Crippen molar-refractivity contribution in [3.05, 3.63) is 48.0 Å². The lowest BCUT2D eigenvalue weighted by atomic mass is 10.1. The van der Waals surface area contributed by atoms with E-state index in [4.69, 9.17) is 58.0 Å². The van der Waals surface area contributed by atoms with Crippen LogP contribution in [-0.4, -0.2) is 3.79 Å². The van der Waals surface area contributed by atoms with Crippen molar-refractivity contribution in [1.82, 2.24) is 0 Å². The normalized spacial score (nSPS) is 13.0. The summed E-state index contributed by atoms with van der Waals surface area (Å²) in [4.78, 5) is 0. The number of hydrogen-bond donors (Lipinski definition) is 0. The van der Waals surface area contributed by atoms with Gasteiger partial charge in [0, 0.05) is 0 Å². The number of benzene rings is 2. The van der Waals surface area contributed by atoms with Crippen LogP contribution in [-0.2, 0) is 4.33 Å². The monoisotopic (exact) mass is 325 g/mol. The van der Waals surface area contributed by atoms with Crippen LogP contribution < -0.4 is 0 Å². The molecule has 5 heteroatoms. The van der Waals surface area contributed by atoms with Crippen LogP contribution in [0.3, 0.4) is 0 Å². The van der Waals surface area contributed by atoms with E-state index in [1.54, 1.807) is 12.1 Å². The summed E-state index contributed by atoms with van der Waals surface area (Å²) in [6.07, 6.45) is 0. The van der Waals surface area contributed by atoms with Crippen LogP contribution in [0.1, 0.15) is 5.56 Å². The third kappa shape index (κ3) is 2.62. The summed E-state index contributed by atoms with van der Waals surface area (Å²) in [5, 5.41) is 1.88. The molecule has 2 aromatic rings. The molecule has 0 N–H and O–H groups in total. The van der Waals surface area contributed by atoms with Crippen molar-refractivity contribution in [3.8, 4) is 0 Å². The summed E-state index contributed by atoms with van der Waals surface area (Å²) in [6.45, 7) is 0. The van der Waals surface area contributed by atoms with Crippen LogP contribution in [0.4, 0.5) is 0 Å². The molecular weight excluding hydrogens is 321 g/mol.